The summed E-state index contributed by atoms with van der Waals surface area (Å²) in [5, 5.41) is 0. The van der Waals surface area contributed by atoms with Gasteiger partial charge in [0.2, 0.25) is 0 Å². The van der Waals surface area contributed by atoms with E-state index in [1.54, 1.807) is 0 Å². The van der Waals surface area contributed by atoms with E-state index in [-0.39, 0.29) is 0 Å². The molecule has 0 aliphatic rings. The monoisotopic (exact) mass is 238 g/mol. The topological polar surface area (TPSA) is 0 Å². The van der Waals surface area contributed by atoms with Gasteiger partial charge in [-0.2, -0.15) is 0 Å². The summed E-state index contributed by atoms with van der Waals surface area (Å²) in [5.74, 6) is 0. The molecule has 0 bridgehead atoms. The summed E-state index contributed by atoms with van der Waals surface area (Å²) >= 11 is 11.4. The van der Waals surface area contributed by atoms with E-state index in [4.69, 9.17) is 22.2 Å². The summed E-state index contributed by atoms with van der Waals surface area (Å²) < 4.78 is 0. The smallest absolute Gasteiger partial charge is 0.145 e. The molecule has 0 heterocycles. The molecule has 0 aromatic rings. The molecule has 0 nitrogen and oxygen atoms in total. The third-order valence-corrected chi connectivity index (χ3v) is 3.44. The molecule has 0 aromatic carbocycles. The van der Waals surface area contributed by atoms with Crippen LogP contribution in [-0.4, -0.2) is 7.42 Å². The number of hydrogen-bond acceptors (Lipinski definition) is 0. The van der Waals surface area contributed by atoms with E-state index < -0.39 is 7.42 Å². The molecular formula is C10H20Cl2Si. The highest BCUT2D eigenvalue weighted by atomic mass is 35.7. The van der Waals surface area contributed by atoms with Gasteiger partial charge in [0.25, 0.3) is 7.42 Å². The van der Waals surface area contributed by atoms with Gasteiger partial charge >= 0.3 is 0 Å². The highest BCUT2D eigenvalue weighted by molar-refractivity contribution is 7.36. The van der Waals surface area contributed by atoms with E-state index >= 15 is 0 Å². The van der Waals surface area contributed by atoms with Crippen molar-refractivity contribution in [1.29, 1.82) is 0 Å². The Bertz CT molecular complexity index is 124. The molecule has 0 aromatic heterocycles. The normalized spacial score (nSPS) is 11.7. The van der Waals surface area contributed by atoms with Crippen LogP contribution in [0.5, 0.6) is 0 Å². The SMILES string of the molecule is CCCCCCCC/C=C/[SiH](Cl)Cl. The average molecular weight is 239 g/mol. The summed E-state index contributed by atoms with van der Waals surface area (Å²) in [6, 6.07) is 0. The van der Waals surface area contributed by atoms with Crippen molar-refractivity contribution in [1.82, 2.24) is 0 Å². The number of halogens is 2. The van der Waals surface area contributed by atoms with Crippen molar-refractivity contribution in [2.24, 2.45) is 0 Å². The quantitative estimate of drug-likeness (QED) is 0.331. The first-order valence-corrected chi connectivity index (χ1v) is 9.38. The first-order chi connectivity index (χ1) is 6.27. The van der Waals surface area contributed by atoms with E-state index in [2.05, 4.69) is 13.0 Å². The van der Waals surface area contributed by atoms with Crippen LogP contribution in [0.25, 0.3) is 0 Å². The molecular weight excluding hydrogens is 219 g/mol. The molecule has 0 aliphatic carbocycles. The van der Waals surface area contributed by atoms with E-state index in [1.807, 2.05) is 5.70 Å². The second-order valence-electron chi connectivity index (χ2n) is 3.32. The van der Waals surface area contributed by atoms with Gasteiger partial charge in [0.1, 0.15) is 0 Å². The fraction of sp³-hybridized carbons (Fsp3) is 0.800. The fourth-order valence-electron chi connectivity index (χ4n) is 1.24. The molecule has 0 aliphatic heterocycles. The average Bonchev–Trinajstić information content (AvgIpc) is 2.09. The largest absolute Gasteiger partial charge is 0.259 e. The second-order valence-corrected chi connectivity index (χ2v) is 7.86. The minimum Gasteiger partial charge on any atom is -0.145 e. The number of rotatable bonds is 8. The van der Waals surface area contributed by atoms with Gasteiger partial charge in [-0.3, -0.25) is 0 Å². The molecule has 0 unspecified atom stereocenters. The van der Waals surface area contributed by atoms with Crippen LogP contribution in [0.4, 0.5) is 0 Å². The lowest BCUT2D eigenvalue weighted by molar-refractivity contribution is 0.611. The van der Waals surface area contributed by atoms with Crippen LogP contribution in [0.2, 0.25) is 0 Å². The van der Waals surface area contributed by atoms with Crippen molar-refractivity contribution in [3.8, 4) is 0 Å². The maximum Gasteiger partial charge on any atom is 0.259 e. The molecule has 78 valence electrons. The summed E-state index contributed by atoms with van der Waals surface area (Å²) in [5.41, 5.74) is 1.98. The molecule has 3 heteroatoms. The molecule has 0 rings (SSSR count). The lowest BCUT2D eigenvalue weighted by atomic mass is 10.1. The molecule has 0 amide bonds. The first kappa shape index (κ1) is 13.5. The zero-order valence-corrected chi connectivity index (χ0v) is 11.1. The third-order valence-electron chi connectivity index (χ3n) is 2.01. The predicted octanol–water partition coefficient (Wildman–Crippen LogP) is 4.53. The van der Waals surface area contributed by atoms with Crippen LogP contribution in [0, 0.1) is 0 Å². The van der Waals surface area contributed by atoms with Crippen molar-refractivity contribution in [2.75, 3.05) is 0 Å². The van der Waals surface area contributed by atoms with Crippen molar-refractivity contribution in [3.63, 3.8) is 0 Å². The lowest BCUT2D eigenvalue weighted by Gasteiger charge is -1.97. The van der Waals surface area contributed by atoms with Crippen molar-refractivity contribution in [2.45, 2.75) is 51.9 Å². The molecule has 0 spiro atoms. The Hall–Kier alpha value is 0.537. The van der Waals surface area contributed by atoms with Crippen LogP contribution < -0.4 is 0 Å². The Morgan fingerprint density at radius 3 is 2.23 bits per heavy atom. The molecule has 0 saturated carbocycles. The number of unbranched alkanes of at least 4 members (excludes halogenated alkanes) is 6. The minimum atomic E-state index is -1.48. The van der Waals surface area contributed by atoms with Gasteiger partial charge in [-0.1, -0.05) is 50.8 Å². The van der Waals surface area contributed by atoms with Gasteiger partial charge in [-0.05, 0) is 12.8 Å². The lowest BCUT2D eigenvalue weighted by Crippen LogP contribution is -1.83. The molecule has 0 saturated heterocycles. The van der Waals surface area contributed by atoms with Crippen LogP contribution in [-0.2, 0) is 0 Å². The fourth-order valence-corrected chi connectivity index (χ4v) is 2.26. The Morgan fingerprint density at radius 1 is 1.00 bits per heavy atom. The van der Waals surface area contributed by atoms with Crippen LogP contribution in [0.3, 0.4) is 0 Å². The summed E-state index contributed by atoms with van der Waals surface area (Å²) in [6.45, 7) is 2.24. The van der Waals surface area contributed by atoms with Gasteiger partial charge in [-0.15, -0.1) is 22.2 Å². The molecule has 0 fully saturated rings. The summed E-state index contributed by atoms with van der Waals surface area (Å²) in [7, 11) is -1.48. The van der Waals surface area contributed by atoms with E-state index in [1.165, 1.54) is 38.5 Å². The van der Waals surface area contributed by atoms with Gasteiger partial charge in [-0.25, -0.2) is 0 Å². The summed E-state index contributed by atoms with van der Waals surface area (Å²) in [6.07, 6.45) is 11.4. The molecule has 13 heavy (non-hydrogen) atoms. The third kappa shape index (κ3) is 12.5. The molecule has 0 radical (unpaired) electrons. The van der Waals surface area contributed by atoms with Gasteiger partial charge in [0.15, 0.2) is 0 Å². The highest BCUT2D eigenvalue weighted by Gasteiger charge is 1.92. The number of allylic oxidation sites excluding steroid dienone is 1. The Kier molecular flexibility index (Phi) is 11.1. The molecule has 0 N–H and O–H groups in total. The Balaban J connectivity index is 2.99. The first-order valence-electron chi connectivity index (χ1n) is 5.22. The van der Waals surface area contributed by atoms with Crippen LogP contribution in [0.1, 0.15) is 51.9 Å². The standard InChI is InChI=1S/C10H20Cl2Si/c1-2-3-4-5-6-7-8-9-10-13(11)12/h9-10,13H,2-8H2,1H3/b10-9+. The minimum absolute atomic E-state index is 1.15. The highest BCUT2D eigenvalue weighted by Crippen LogP contribution is 2.07. The van der Waals surface area contributed by atoms with Crippen molar-refractivity contribution < 1.29 is 0 Å². The Labute approximate surface area is 93.3 Å². The summed E-state index contributed by atoms with van der Waals surface area (Å²) in [4.78, 5) is 0. The van der Waals surface area contributed by atoms with E-state index in [0.29, 0.717) is 0 Å². The maximum absolute atomic E-state index is 5.68. The van der Waals surface area contributed by atoms with Crippen LogP contribution in [0.15, 0.2) is 11.8 Å². The van der Waals surface area contributed by atoms with Gasteiger partial charge in [0, 0.05) is 0 Å². The van der Waals surface area contributed by atoms with Gasteiger partial charge in [0.05, 0.1) is 0 Å². The van der Waals surface area contributed by atoms with E-state index in [9.17, 15) is 0 Å². The maximum atomic E-state index is 5.68. The van der Waals surface area contributed by atoms with Crippen LogP contribution >= 0.6 is 22.2 Å². The molecule has 0 atom stereocenters. The zero-order chi connectivity index (χ0) is 9.94. The Morgan fingerprint density at radius 2 is 1.62 bits per heavy atom. The zero-order valence-electron chi connectivity index (χ0n) is 8.44. The number of hydrogen-bond donors (Lipinski definition) is 0. The van der Waals surface area contributed by atoms with E-state index in [0.717, 1.165) is 6.42 Å². The van der Waals surface area contributed by atoms with Crippen molar-refractivity contribution in [3.05, 3.63) is 11.8 Å². The predicted molar refractivity (Wildman–Crippen MR) is 66.0 cm³/mol. The second kappa shape index (κ2) is 10.6. The van der Waals surface area contributed by atoms with Gasteiger partial charge < -0.3 is 0 Å². The van der Waals surface area contributed by atoms with Crippen molar-refractivity contribution >= 4 is 29.6 Å².